The van der Waals surface area contributed by atoms with E-state index < -0.39 is 0 Å². The van der Waals surface area contributed by atoms with Crippen LogP contribution in [0.2, 0.25) is 0 Å². The van der Waals surface area contributed by atoms with Gasteiger partial charge in [-0.2, -0.15) is 0 Å². The van der Waals surface area contributed by atoms with Gasteiger partial charge in [0.25, 0.3) is 0 Å². The average molecular weight is 194 g/mol. The Morgan fingerprint density at radius 1 is 1.43 bits per heavy atom. The lowest BCUT2D eigenvalue weighted by molar-refractivity contribution is 0.204. The van der Waals surface area contributed by atoms with Crippen molar-refractivity contribution in [2.45, 2.75) is 39.2 Å². The number of aromatic nitrogens is 2. The molecule has 1 saturated carbocycles. The zero-order valence-corrected chi connectivity index (χ0v) is 8.86. The summed E-state index contributed by atoms with van der Waals surface area (Å²) in [5.74, 6) is 1.43. The van der Waals surface area contributed by atoms with Crippen LogP contribution < -0.4 is 5.69 Å². The number of imidazole rings is 1. The van der Waals surface area contributed by atoms with Crippen LogP contribution in [0.4, 0.5) is 0 Å². The molecule has 1 aliphatic carbocycles. The quantitative estimate of drug-likeness (QED) is 0.731. The predicted molar refractivity (Wildman–Crippen MR) is 56.3 cm³/mol. The average Bonchev–Trinajstić information content (AvgIpc) is 2.52. The van der Waals surface area contributed by atoms with Crippen LogP contribution in [0.15, 0.2) is 17.2 Å². The first-order chi connectivity index (χ1) is 6.68. The zero-order chi connectivity index (χ0) is 10.1. The van der Waals surface area contributed by atoms with Gasteiger partial charge < -0.3 is 4.98 Å². The molecule has 2 rings (SSSR count). The van der Waals surface area contributed by atoms with Gasteiger partial charge in [0.2, 0.25) is 0 Å². The van der Waals surface area contributed by atoms with Crippen molar-refractivity contribution in [1.29, 1.82) is 0 Å². The molecule has 1 aromatic rings. The highest BCUT2D eigenvalue weighted by Crippen LogP contribution is 2.35. The Bertz CT molecular complexity index is 352. The van der Waals surface area contributed by atoms with Crippen molar-refractivity contribution in [2.24, 2.45) is 11.8 Å². The van der Waals surface area contributed by atoms with E-state index in [4.69, 9.17) is 0 Å². The Morgan fingerprint density at radius 2 is 2.21 bits per heavy atom. The molecule has 3 unspecified atom stereocenters. The van der Waals surface area contributed by atoms with E-state index in [1.807, 2.05) is 10.8 Å². The fraction of sp³-hybridized carbons (Fsp3) is 0.727. The maximum atomic E-state index is 11.5. The molecule has 0 amide bonds. The summed E-state index contributed by atoms with van der Waals surface area (Å²) in [5.41, 5.74) is 0.0383. The van der Waals surface area contributed by atoms with E-state index in [0.717, 1.165) is 12.3 Å². The summed E-state index contributed by atoms with van der Waals surface area (Å²) in [4.78, 5) is 14.2. The SMILES string of the molecule is CC1CCC(n2cc[nH]c2=O)C(C)C1. The maximum Gasteiger partial charge on any atom is 0.325 e. The minimum Gasteiger partial charge on any atom is -0.313 e. The Kier molecular flexibility index (Phi) is 2.48. The van der Waals surface area contributed by atoms with E-state index in [1.54, 1.807) is 6.20 Å². The van der Waals surface area contributed by atoms with Crippen molar-refractivity contribution >= 4 is 0 Å². The van der Waals surface area contributed by atoms with Crippen LogP contribution in [0.1, 0.15) is 39.2 Å². The van der Waals surface area contributed by atoms with Crippen LogP contribution in [0, 0.1) is 11.8 Å². The number of hydrogen-bond acceptors (Lipinski definition) is 1. The second-order valence-electron chi connectivity index (χ2n) is 4.64. The number of nitrogens with one attached hydrogen (secondary N) is 1. The molecule has 3 atom stereocenters. The minimum atomic E-state index is 0.0383. The Labute approximate surface area is 84.1 Å². The summed E-state index contributed by atoms with van der Waals surface area (Å²) in [7, 11) is 0. The van der Waals surface area contributed by atoms with Crippen molar-refractivity contribution in [2.75, 3.05) is 0 Å². The number of hydrogen-bond donors (Lipinski definition) is 1. The van der Waals surface area contributed by atoms with Crippen LogP contribution in [-0.2, 0) is 0 Å². The van der Waals surface area contributed by atoms with Gasteiger partial charge in [0, 0.05) is 18.4 Å². The smallest absolute Gasteiger partial charge is 0.313 e. The molecule has 1 aliphatic rings. The van der Waals surface area contributed by atoms with Crippen molar-refractivity contribution in [1.82, 2.24) is 9.55 Å². The van der Waals surface area contributed by atoms with Crippen LogP contribution >= 0.6 is 0 Å². The molecular weight excluding hydrogens is 176 g/mol. The predicted octanol–water partition coefficient (Wildman–Crippen LogP) is 2.17. The van der Waals surface area contributed by atoms with Crippen LogP contribution in [-0.4, -0.2) is 9.55 Å². The molecule has 1 fully saturated rings. The summed E-state index contributed by atoms with van der Waals surface area (Å²) in [6.45, 7) is 4.55. The molecule has 0 saturated heterocycles. The van der Waals surface area contributed by atoms with Gasteiger partial charge in [-0.1, -0.05) is 13.8 Å². The fourth-order valence-electron chi connectivity index (χ4n) is 2.65. The Balaban J connectivity index is 2.20. The zero-order valence-electron chi connectivity index (χ0n) is 8.86. The number of nitrogens with zero attached hydrogens (tertiary/aromatic N) is 1. The van der Waals surface area contributed by atoms with Crippen LogP contribution in [0.3, 0.4) is 0 Å². The van der Waals surface area contributed by atoms with E-state index in [1.165, 1.54) is 12.8 Å². The first-order valence-electron chi connectivity index (χ1n) is 5.44. The van der Waals surface area contributed by atoms with Gasteiger partial charge in [0.1, 0.15) is 0 Å². The summed E-state index contributed by atoms with van der Waals surface area (Å²) in [6.07, 6.45) is 7.22. The van der Waals surface area contributed by atoms with Crippen molar-refractivity contribution in [3.05, 3.63) is 22.9 Å². The molecule has 3 nitrogen and oxygen atoms in total. The molecule has 0 aliphatic heterocycles. The second kappa shape index (κ2) is 3.64. The topological polar surface area (TPSA) is 37.8 Å². The van der Waals surface area contributed by atoms with Gasteiger partial charge in [-0.05, 0) is 31.1 Å². The minimum absolute atomic E-state index is 0.0383. The summed E-state index contributed by atoms with van der Waals surface area (Å²) >= 11 is 0. The maximum absolute atomic E-state index is 11.5. The monoisotopic (exact) mass is 194 g/mol. The largest absolute Gasteiger partial charge is 0.325 e. The molecule has 0 aromatic carbocycles. The van der Waals surface area contributed by atoms with Gasteiger partial charge in [0.05, 0.1) is 0 Å². The van der Waals surface area contributed by atoms with Gasteiger partial charge in [-0.15, -0.1) is 0 Å². The lowest BCUT2D eigenvalue weighted by atomic mass is 9.80. The van der Waals surface area contributed by atoms with E-state index in [0.29, 0.717) is 12.0 Å². The molecular formula is C11H18N2O. The molecule has 1 aromatic heterocycles. The molecule has 1 N–H and O–H groups in total. The van der Waals surface area contributed by atoms with E-state index in [-0.39, 0.29) is 5.69 Å². The van der Waals surface area contributed by atoms with E-state index in [9.17, 15) is 4.79 Å². The standard InChI is InChI=1S/C11H18N2O/c1-8-3-4-10(9(2)7-8)13-6-5-12-11(13)14/h5-6,8-10H,3-4,7H2,1-2H3,(H,12,14). The van der Waals surface area contributed by atoms with Gasteiger partial charge in [0.15, 0.2) is 0 Å². The Hall–Kier alpha value is -0.990. The highest BCUT2D eigenvalue weighted by molar-refractivity contribution is 4.87. The number of rotatable bonds is 1. The van der Waals surface area contributed by atoms with Gasteiger partial charge >= 0.3 is 5.69 Å². The molecule has 78 valence electrons. The lowest BCUT2D eigenvalue weighted by Gasteiger charge is -2.32. The molecule has 3 heteroatoms. The second-order valence-corrected chi connectivity index (χ2v) is 4.64. The molecule has 14 heavy (non-hydrogen) atoms. The molecule has 1 heterocycles. The first kappa shape index (κ1) is 9.56. The van der Waals surface area contributed by atoms with Gasteiger partial charge in [-0.25, -0.2) is 4.79 Å². The Morgan fingerprint density at radius 3 is 2.79 bits per heavy atom. The number of aromatic amines is 1. The van der Waals surface area contributed by atoms with E-state index >= 15 is 0 Å². The molecule has 0 bridgehead atoms. The normalized spacial score (nSPS) is 33.1. The first-order valence-corrected chi connectivity index (χ1v) is 5.44. The molecule has 0 spiro atoms. The van der Waals surface area contributed by atoms with Crippen molar-refractivity contribution in [3.63, 3.8) is 0 Å². The number of H-pyrrole nitrogens is 1. The van der Waals surface area contributed by atoms with Gasteiger partial charge in [-0.3, -0.25) is 4.57 Å². The summed E-state index contributed by atoms with van der Waals surface area (Å²) < 4.78 is 1.86. The fourth-order valence-corrected chi connectivity index (χ4v) is 2.65. The molecule has 0 radical (unpaired) electrons. The van der Waals surface area contributed by atoms with Crippen molar-refractivity contribution in [3.8, 4) is 0 Å². The summed E-state index contributed by atoms with van der Waals surface area (Å²) in [6, 6.07) is 0.407. The van der Waals surface area contributed by atoms with Crippen LogP contribution in [0.5, 0.6) is 0 Å². The van der Waals surface area contributed by atoms with E-state index in [2.05, 4.69) is 18.8 Å². The summed E-state index contributed by atoms with van der Waals surface area (Å²) in [5, 5.41) is 0. The third-order valence-electron chi connectivity index (χ3n) is 3.42. The van der Waals surface area contributed by atoms with Crippen LogP contribution in [0.25, 0.3) is 0 Å². The highest BCUT2D eigenvalue weighted by Gasteiger charge is 2.27. The third-order valence-corrected chi connectivity index (χ3v) is 3.42. The lowest BCUT2D eigenvalue weighted by Crippen LogP contribution is -2.30. The third kappa shape index (κ3) is 1.63. The highest BCUT2D eigenvalue weighted by atomic mass is 16.1. The van der Waals surface area contributed by atoms with Crippen molar-refractivity contribution < 1.29 is 0 Å².